The first kappa shape index (κ1) is 15.9. The third kappa shape index (κ3) is 3.05. The van der Waals surface area contributed by atoms with Crippen LogP contribution in [-0.4, -0.2) is 46.5 Å². The number of anilines is 1. The Morgan fingerprint density at radius 1 is 1.16 bits per heavy atom. The van der Waals surface area contributed by atoms with Crippen molar-refractivity contribution in [2.45, 2.75) is 19.8 Å². The van der Waals surface area contributed by atoms with Crippen LogP contribution in [0.1, 0.15) is 19.0 Å². The van der Waals surface area contributed by atoms with Gasteiger partial charge in [-0.1, -0.05) is 13.3 Å². The van der Waals surface area contributed by atoms with E-state index >= 15 is 0 Å². The topological polar surface area (TPSA) is 77.1 Å². The molecule has 3 heterocycles. The summed E-state index contributed by atoms with van der Waals surface area (Å²) in [5.74, 6) is 0.261. The van der Waals surface area contributed by atoms with Gasteiger partial charge in [0.05, 0.1) is 16.8 Å². The fourth-order valence-corrected chi connectivity index (χ4v) is 3.43. The van der Waals surface area contributed by atoms with Gasteiger partial charge in [0.15, 0.2) is 5.65 Å². The van der Waals surface area contributed by atoms with Gasteiger partial charge in [-0.2, -0.15) is 5.10 Å². The van der Waals surface area contributed by atoms with Gasteiger partial charge in [-0.3, -0.25) is 5.10 Å². The van der Waals surface area contributed by atoms with Crippen molar-refractivity contribution in [2.75, 3.05) is 31.1 Å². The Kier molecular flexibility index (Phi) is 4.28. The van der Waals surface area contributed by atoms with Crippen LogP contribution >= 0.6 is 0 Å². The largest absolute Gasteiger partial charge is 0.508 e. The number of hydrogen-bond acceptors (Lipinski definition) is 5. The molecule has 0 spiro atoms. The predicted octanol–water partition coefficient (Wildman–Crippen LogP) is 2.69. The van der Waals surface area contributed by atoms with Crippen LogP contribution in [0.2, 0.25) is 0 Å². The molecule has 0 saturated carbocycles. The zero-order chi connectivity index (χ0) is 17.2. The first-order valence-electron chi connectivity index (χ1n) is 8.89. The third-order valence-electron chi connectivity index (χ3n) is 4.70. The number of nitrogens with zero attached hydrogens (tertiary/aromatic N) is 3. The van der Waals surface area contributed by atoms with E-state index in [0.717, 1.165) is 67.0 Å². The Hall–Kier alpha value is -2.60. The van der Waals surface area contributed by atoms with E-state index in [1.807, 2.05) is 12.1 Å². The number of nitrogens with one attached hydrogen (secondary N) is 2. The number of aromatic hydroxyl groups is 1. The van der Waals surface area contributed by atoms with Crippen LogP contribution in [0.4, 0.5) is 5.69 Å². The molecule has 0 aliphatic carbocycles. The minimum atomic E-state index is 0.261. The fourth-order valence-electron chi connectivity index (χ4n) is 3.43. The molecular formula is C19H23N5O. The highest BCUT2D eigenvalue weighted by atomic mass is 16.3. The van der Waals surface area contributed by atoms with Crippen LogP contribution in [0.5, 0.6) is 5.75 Å². The molecule has 3 aromatic rings. The second-order valence-electron chi connectivity index (χ2n) is 6.46. The van der Waals surface area contributed by atoms with Crippen molar-refractivity contribution >= 4 is 16.7 Å². The van der Waals surface area contributed by atoms with Crippen molar-refractivity contribution in [1.82, 2.24) is 20.5 Å². The number of aromatic nitrogens is 3. The van der Waals surface area contributed by atoms with Crippen LogP contribution in [0, 0.1) is 0 Å². The molecule has 1 saturated heterocycles. The molecule has 1 fully saturated rings. The Morgan fingerprint density at radius 2 is 1.92 bits per heavy atom. The molecule has 0 bridgehead atoms. The number of rotatable bonds is 4. The maximum atomic E-state index is 9.54. The molecule has 1 aliphatic heterocycles. The van der Waals surface area contributed by atoms with Crippen LogP contribution in [0.3, 0.4) is 0 Å². The molecule has 0 atom stereocenters. The standard InChI is InChI=1S/C19H23N5O/c1-2-3-15-18-17(24-10-8-20-9-11-24)12-16(21-19(18)23-22-15)13-4-6-14(25)7-5-13/h4-7,12,20,25H,2-3,8-11H2,1H3,(H,21,22,23). The number of piperazine rings is 1. The zero-order valence-electron chi connectivity index (χ0n) is 14.4. The van der Waals surface area contributed by atoms with E-state index in [1.54, 1.807) is 12.1 Å². The van der Waals surface area contributed by atoms with Crippen molar-refractivity contribution < 1.29 is 5.11 Å². The summed E-state index contributed by atoms with van der Waals surface area (Å²) in [5.41, 5.74) is 5.00. The van der Waals surface area contributed by atoms with Gasteiger partial charge >= 0.3 is 0 Å². The Bertz CT molecular complexity index is 865. The van der Waals surface area contributed by atoms with E-state index in [9.17, 15) is 5.11 Å². The summed E-state index contributed by atoms with van der Waals surface area (Å²) in [6.45, 7) is 6.10. The molecule has 6 nitrogen and oxygen atoms in total. The van der Waals surface area contributed by atoms with Gasteiger partial charge < -0.3 is 15.3 Å². The summed E-state index contributed by atoms with van der Waals surface area (Å²) >= 11 is 0. The lowest BCUT2D eigenvalue weighted by Gasteiger charge is -2.30. The second kappa shape index (κ2) is 6.72. The summed E-state index contributed by atoms with van der Waals surface area (Å²) in [7, 11) is 0. The van der Waals surface area contributed by atoms with E-state index in [4.69, 9.17) is 4.98 Å². The molecule has 1 aliphatic rings. The van der Waals surface area contributed by atoms with Crippen molar-refractivity contribution in [2.24, 2.45) is 0 Å². The number of H-pyrrole nitrogens is 1. The lowest BCUT2D eigenvalue weighted by Crippen LogP contribution is -2.43. The number of aromatic amines is 1. The summed E-state index contributed by atoms with van der Waals surface area (Å²) in [5, 5.41) is 21.8. The molecule has 0 radical (unpaired) electrons. The molecule has 1 aromatic carbocycles. The number of pyridine rings is 1. The molecule has 3 N–H and O–H groups in total. The Balaban J connectivity index is 1.87. The maximum absolute atomic E-state index is 9.54. The van der Waals surface area contributed by atoms with Crippen LogP contribution in [0.25, 0.3) is 22.3 Å². The quantitative estimate of drug-likeness (QED) is 0.682. The smallest absolute Gasteiger partial charge is 0.183 e. The summed E-state index contributed by atoms with van der Waals surface area (Å²) in [6.07, 6.45) is 2.04. The highest BCUT2D eigenvalue weighted by Crippen LogP contribution is 2.33. The molecule has 2 aromatic heterocycles. The van der Waals surface area contributed by atoms with Gasteiger partial charge in [0.1, 0.15) is 5.75 Å². The van der Waals surface area contributed by atoms with Gasteiger partial charge in [0.2, 0.25) is 0 Å². The summed E-state index contributed by atoms with van der Waals surface area (Å²) < 4.78 is 0. The average molecular weight is 337 g/mol. The molecule has 25 heavy (non-hydrogen) atoms. The van der Waals surface area contributed by atoms with Gasteiger partial charge in [0.25, 0.3) is 0 Å². The molecule has 0 amide bonds. The van der Waals surface area contributed by atoms with Crippen molar-refractivity contribution in [1.29, 1.82) is 0 Å². The van der Waals surface area contributed by atoms with E-state index in [-0.39, 0.29) is 5.75 Å². The van der Waals surface area contributed by atoms with E-state index in [2.05, 4.69) is 33.4 Å². The molecule has 130 valence electrons. The Labute approximate surface area is 146 Å². The lowest BCUT2D eigenvalue weighted by molar-refractivity contribution is 0.475. The number of phenols is 1. The lowest BCUT2D eigenvalue weighted by atomic mass is 10.1. The van der Waals surface area contributed by atoms with Crippen LogP contribution in [0.15, 0.2) is 30.3 Å². The minimum absolute atomic E-state index is 0.261. The molecule has 0 unspecified atom stereocenters. The Morgan fingerprint density at radius 3 is 2.64 bits per heavy atom. The maximum Gasteiger partial charge on any atom is 0.183 e. The minimum Gasteiger partial charge on any atom is -0.508 e. The van der Waals surface area contributed by atoms with Crippen molar-refractivity contribution in [3.8, 4) is 17.0 Å². The molecular weight excluding hydrogens is 314 g/mol. The highest BCUT2D eigenvalue weighted by Gasteiger charge is 2.20. The third-order valence-corrected chi connectivity index (χ3v) is 4.70. The zero-order valence-corrected chi connectivity index (χ0v) is 14.4. The molecule has 6 heteroatoms. The van der Waals surface area contributed by atoms with E-state index in [0.29, 0.717) is 0 Å². The van der Waals surface area contributed by atoms with Crippen LogP contribution < -0.4 is 10.2 Å². The first-order chi connectivity index (χ1) is 12.3. The van der Waals surface area contributed by atoms with Crippen LogP contribution in [-0.2, 0) is 6.42 Å². The average Bonchev–Trinajstić information content (AvgIpc) is 3.06. The SMILES string of the molecule is CCCc1[nH]nc2nc(-c3ccc(O)cc3)cc(N3CCNCC3)c12. The highest BCUT2D eigenvalue weighted by molar-refractivity contribution is 5.94. The van der Waals surface area contributed by atoms with Gasteiger partial charge in [-0.05, 0) is 36.8 Å². The van der Waals surface area contributed by atoms with E-state index < -0.39 is 0 Å². The number of fused-ring (bicyclic) bond motifs is 1. The fraction of sp³-hybridized carbons (Fsp3) is 0.368. The van der Waals surface area contributed by atoms with Gasteiger partial charge in [-0.25, -0.2) is 4.98 Å². The monoisotopic (exact) mass is 337 g/mol. The van der Waals surface area contributed by atoms with E-state index in [1.165, 1.54) is 5.69 Å². The molecule has 4 rings (SSSR count). The number of benzene rings is 1. The second-order valence-corrected chi connectivity index (χ2v) is 6.46. The summed E-state index contributed by atoms with van der Waals surface area (Å²) in [4.78, 5) is 7.18. The number of phenolic OH excluding ortho intramolecular Hbond substituents is 1. The van der Waals surface area contributed by atoms with Crippen molar-refractivity contribution in [3.63, 3.8) is 0 Å². The first-order valence-corrected chi connectivity index (χ1v) is 8.89. The number of aryl methyl sites for hydroxylation is 1. The number of hydrogen-bond donors (Lipinski definition) is 3. The van der Waals surface area contributed by atoms with Crippen molar-refractivity contribution in [3.05, 3.63) is 36.0 Å². The van der Waals surface area contributed by atoms with Gasteiger partial charge in [0, 0.05) is 37.4 Å². The predicted molar refractivity (Wildman–Crippen MR) is 100 cm³/mol. The normalized spacial score (nSPS) is 15.0. The van der Waals surface area contributed by atoms with Gasteiger partial charge in [-0.15, -0.1) is 0 Å². The summed E-state index contributed by atoms with van der Waals surface area (Å²) in [6, 6.07) is 9.33.